The molecule has 1 N–H and O–H groups in total. The highest BCUT2D eigenvalue weighted by Gasteiger charge is 2.19. The first-order valence-electron chi connectivity index (χ1n) is 9.64. The molecule has 3 rings (SSSR count). The van der Waals surface area contributed by atoms with Crippen molar-refractivity contribution >= 4 is 5.57 Å². The van der Waals surface area contributed by atoms with E-state index in [0.717, 1.165) is 25.0 Å². The SMILES string of the molecule is C/C=C1/CC(=C(c2ccccc2)c2ccc(OCCO)cc2)C/C(=C/C)C1. The van der Waals surface area contributed by atoms with Gasteiger partial charge in [-0.15, -0.1) is 0 Å². The van der Waals surface area contributed by atoms with Crippen molar-refractivity contribution in [2.75, 3.05) is 13.2 Å². The molecular weight excluding hydrogens is 332 g/mol. The van der Waals surface area contributed by atoms with Gasteiger partial charge in [0.25, 0.3) is 0 Å². The average Bonchev–Trinajstić information content (AvgIpc) is 2.74. The molecule has 0 radical (unpaired) electrons. The molecule has 1 aliphatic rings. The molecule has 0 bridgehead atoms. The van der Waals surface area contributed by atoms with Gasteiger partial charge < -0.3 is 9.84 Å². The molecule has 0 heterocycles. The Hall–Kier alpha value is -2.58. The minimum Gasteiger partial charge on any atom is -0.491 e. The zero-order valence-electron chi connectivity index (χ0n) is 16.2. The van der Waals surface area contributed by atoms with E-state index >= 15 is 0 Å². The van der Waals surface area contributed by atoms with E-state index in [1.54, 1.807) is 0 Å². The van der Waals surface area contributed by atoms with Gasteiger partial charge in [0.15, 0.2) is 0 Å². The predicted molar refractivity (Wildman–Crippen MR) is 113 cm³/mol. The molecule has 0 saturated heterocycles. The van der Waals surface area contributed by atoms with Crippen molar-refractivity contribution in [1.82, 2.24) is 0 Å². The highest BCUT2D eigenvalue weighted by molar-refractivity contribution is 5.83. The Morgan fingerprint density at radius 3 is 2.00 bits per heavy atom. The minimum absolute atomic E-state index is 0.0271. The molecule has 0 spiro atoms. The zero-order chi connectivity index (χ0) is 19.1. The third-order valence-electron chi connectivity index (χ3n) is 5.07. The largest absolute Gasteiger partial charge is 0.491 e. The van der Waals surface area contributed by atoms with Crippen LogP contribution in [0, 0.1) is 0 Å². The molecule has 2 heteroatoms. The Morgan fingerprint density at radius 1 is 0.852 bits per heavy atom. The lowest BCUT2D eigenvalue weighted by atomic mass is 9.80. The van der Waals surface area contributed by atoms with Crippen LogP contribution in [0.25, 0.3) is 5.57 Å². The van der Waals surface area contributed by atoms with E-state index < -0.39 is 0 Å². The topological polar surface area (TPSA) is 29.5 Å². The van der Waals surface area contributed by atoms with Gasteiger partial charge in [-0.1, -0.05) is 71.3 Å². The van der Waals surface area contributed by atoms with E-state index in [0.29, 0.717) is 6.61 Å². The molecule has 1 saturated carbocycles. The van der Waals surface area contributed by atoms with Crippen LogP contribution in [0.5, 0.6) is 5.75 Å². The summed E-state index contributed by atoms with van der Waals surface area (Å²) in [4.78, 5) is 0. The number of ether oxygens (including phenoxy) is 1. The molecule has 0 unspecified atom stereocenters. The lowest BCUT2D eigenvalue weighted by molar-refractivity contribution is 0.201. The van der Waals surface area contributed by atoms with Gasteiger partial charge in [0.05, 0.1) is 6.61 Å². The number of hydrogen-bond donors (Lipinski definition) is 1. The summed E-state index contributed by atoms with van der Waals surface area (Å²) in [5, 5.41) is 8.94. The molecule has 27 heavy (non-hydrogen) atoms. The highest BCUT2D eigenvalue weighted by atomic mass is 16.5. The number of hydrogen-bond acceptors (Lipinski definition) is 2. The van der Waals surface area contributed by atoms with Gasteiger partial charge in [0, 0.05) is 0 Å². The monoisotopic (exact) mass is 360 g/mol. The molecule has 1 fully saturated rings. The van der Waals surface area contributed by atoms with Crippen LogP contribution < -0.4 is 4.74 Å². The quantitative estimate of drug-likeness (QED) is 0.669. The van der Waals surface area contributed by atoms with Crippen molar-refractivity contribution in [2.24, 2.45) is 0 Å². The van der Waals surface area contributed by atoms with Crippen LogP contribution in [0.4, 0.5) is 0 Å². The molecule has 1 aliphatic carbocycles. The number of benzene rings is 2. The first-order chi connectivity index (χ1) is 13.2. The van der Waals surface area contributed by atoms with E-state index in [1.165, 1.54) is 33.4 Å². The Bertz CT molecular complexity index is 818. The summed E-state index contributed by atoms with van der Waals surface area (Å²) < 4.78 is 5.53. The van der Waals surface area contributed by atoms with Crippen molar-refractivity contribution in [3.8, 4) is 5.75 Å². The Morgan fingerprint density at radius 2 is 1.44 bits per heavy atom. The molecule has 2 aromatic rings. The molecule has 0 aromatic heterocycles. The first-order valence-corrected chi connectivity index (χ1v) is 9.64. The summed E-state index contributed by atoms with van der Waals surface area (Å²) >= 11 is 0. The molecule has 140 valence electrons. The van der Waals surface area contributed by atoms with Gasteiger partial charge in [-0.3, -0.25) is 0 Å². The van der Waals surface area contributed by atoms with E-state index in [-0.39, 0.29) is 6.61 Å². The minimum atomic E-state index is 0.0271. The zero-order valence-corrected chi connectivity index (χ0v) is 16.2. The van der Waals surface area contributed by atoms with Crippen LogP contribution in [0.1, 0.15) is 44.2 Å². The van der Waals surface area contributed by atoms with Crippen LogP contribution in [-0.4, -0.2) is 18.3 Å². The smallest absolute Gasteiger partial charge is 0.119 e. The maximum atomic E-state index is 8.94. The average molecular weight is 360 g/mol. The fraction of sp³-hybridized carbons (Fsp3) is 0.280. The first kappa shape index (κ1) is 19.2. The van der Waals surface area contributed by atoms with Crippen LogP contribution in [0.3, 0.4) is 0 Å². The third kappa shape index (κ3) is 4.78. The number of aliphatic hydroxyl groups is 1. The Kier molecular flexibility index (Phi) is 6.67. The summed E-state index contributed by atoms with van der Waals surface area (Å²) in [6, 6.07) is 18.9. The lowest BCUT2D eigenvalue weighted by Gasteiger charge is -2.25. The second-order valence-corrected chi connectivity index (χ2v) is 6.87. The second-order valence-electron chi connectivity index (χ2n) is 6.87. The summed E-state index contributed by atoms with van der Waals surface area (Å²) in [5.41, 5.74) is 8.23. The summed E-state index contributed by atoms with van der Waals surface area (Å²) in [6.45, 7) is 4.63. The molecule has 0 amide bonds. The number of aliphatic hydroxyl groups excluding tert-OH is 1. The van der Waals surface area contributed by atoms with E-state index in [9.17, 15) is 0 Å². The fourth-order valence-corrected chi connectivity index (χ4v) is 3.67. The van der Waals surface area contributed by atoms with Gasteiger partial charge in [0.1, 0.15) is 12.4 Å². The molecular formula is C25H28O2. The maximum Gasteiger partial charge on any atom is 0.119 e. The van der Waals surface area contributed by atoms with Gasteiger partial charge in [-0.2, -0.15) is 0 Å². The van der Waals surface area contributed by atoms with Gasteiger partial charge in [-0.25, -0.2) is 0 Å². The van der Waals surface area contributed by atoms with Crippen molar-refractivity contribution in [3.63, 3.8) is 0 Å². The Labute approximate surface area is 162 Å². The third-order valence-corrected chi connectivity index (χ3v) is 5.07. The van der Waals surface area contributed by atoms with Crippen LogP contribution in [-0.2, 0) is 0 Å². The van der Waals surface area contributed by atoms with Gasteiger partial charge in [0.2, 0.25) is 0 Å². The van der Waals surface area contributed by atoms with E-state index in [1.807, 2.05) is 12.1 Å². The van der Waals surface area contributed by atoms with Crippen molar-refractivity contribution in [1.29, 1.82) is 0 Å². The fourth-order valence-electron chi connectivity index (χ4n) is 3.67. The van der Waals surface area contributed by atoms with Crippen molar-refractivity contribution in [2.45, 2.75) is 33.1 Å². The van der Waals surface area contributed by atoms with Gasteiger partial charge >= 0.3 is 0 Å². The summed E-state index contributed by atoms with van der Waals surface area (Å²) in [5.74, 6) is 0.789. The van der Waals surface area contributed by atoms with Crippen LogP contribution in [0.15, 0.2) is 83.5 Å². The van der Waals surface area contributed by atoms with Crippen molar-refractivity contribution < 1.29 is 9.84 Å². The lowest BCUT2D eigenvalue weighted by Crippen LogP contribution is -2.05. The van der Waals surface area contributed by atoms with E-state index in [4.69, 9.17) is 9.84 Å². The predicted octanol–water partition coefficient (Wildman–Crippen LogP) is 5.94. The summed E-state index contributed by atoms with van der Waals surface area (Å²) in [6.07, 6.45) is 7.67. The van der Waals surface area contributed by atoms with Crippen LogP contribution >= 0.6 is 0 Å². The molecule has 0 atom stereocenters. The second kappa shape index (κ2) is 9.38. The molecule has 2 nitrogen and oxygen atoms in total. The number of allylic oxidation sites excluding steroid dienone is 5. The van der Waals surface area contributed by atoms with Crippen molar-refractivity contribution in [3.05, 3.63) is 94.6 Å². The van der Waals surface area contributed by atoms with E-state index in [2.05, 4.69) is 68.5 Å². The molecule has 0 aliphatic heterocycles. The normalized spacial score (nSPS) is 17.4. The number of rotatable bonds is 5. The maximum absolute atomic E-state index is 8.94. The summed E-state index contributed by atoms with van der Waals surface area (Å²) in [7, 11) is 0. The Balaban J connectivity index is 2.07. The van der Waals surface area contributed by atoms with Gasteiger partial charge in [-0.05, 0) is 61.9 Å². The molecule has 2 aromatic carbocycles. The van der Waals surface area contributed by atoms with Crippen LogP contribution in [0.2, 0.25) is 0 Å². The standard InChI is InChI=1S/C25H28O2/c1-3-19-16-20(4-2)18-23(17-19)25(21-8-6-5-7-9-21)22-10-12-24(13-11-22)27-15-14-26/h3-13,26H,14-18H2,1-2H3/b19-3+,20-4+. The highest BCUT2D eigenvalue weighted by Crippen LogP contribution is 2.39.